The largest absolute Gasteiger partial charge is 0.379 e. The van der Waals surface area contributed by atoms with Crippen molar-refractivity contribution in [1.82, 2.24) is 15.2 Å². The molecular formula is C21H24N4O4. The third-order valence-electron chi connectivity index (χ3n) is 4.62. The summed E-state index contributed by atoms with van der Waals surface area (Å²) < 4.78 is 5.30. The molecule has 2 N–H and O–H groups in total. The van der Waals surface area contributed by atoms with Crippen LogP contribution in [0.25, 0.3) is 0 Å². The zero-order chi connectivity index (χ0) is 20.6. The normalized spacial score (nSPS) is 14.2. The first-order valence-electron chi connectivity index (χ1n) is 9.49. The first-order valence-corrected chi connectivity index (χ1v) is 9.49. The molecule has 0 atom stereocenters. The fourth-order valence-corrected chi connectivity index (χ4v) is 2.93. The lowest BCUT2D eigenvalue weighted by molar-refractivity contribution is 0.0383. The smallest absolute Gasteiger partial charge is 0.269 e. The number of morpholine rings is 1. The van der Waals surface area contributed by atoms with Gasteiger partial charge in [-0.3, -0.25) is 24.3 Å². The van der Waals surface area contributed by atoms with Gasteiger partial charge in [-0.25, -0.2) is 0 Å². The summed E-state index contributed by atoms with van der Waals surface area (Å²) in [5, 5.41) is 5.58. The number of ether oxygens (including phenoxy) is 1. The molecule has 2 heterocycles. The Morgan fingerprint density at radius 2 is 1.76 bits per heavy atom. The Morgan fingerprint density at radius 1 is 1.03 bits per heavy atom. The van der Waals surface area contributed by atoms with Gasteiger partial charge in [0.1, 0.15) is 5.69 Å². The Balaban J connectivity index is 1.55. The molecule has 152 valence electrons. The minimum Gasteiger partial charge on any atom is -0.379 e. The highest BCUT2D eigenvalue weighted by Crippen LogP contribution is 2.12. The maximum absolute atomic E-state index is 12.5. The standard InChI is InChI=1S/C21H24N4O4/c1-15(26)16-2-4-18(5-3-16)24-20(27)17-6-7-22-19(14-17)21(28)23-8-9-25-10-12-29-13-11-25/h2-7,14H,8-13H2,1H3,(H,23,28)(H,24,27). The van der Waals surface area contributed by atoms with Crippen LogP contribution in [0.15, 0.2) is 42.6 Å². The van der Waals surface area contributed by atoms with Crippen molar-refractivity contribution in [3.63, 3.8) is 0 Å². The number of benzene rings is 1. The molecule has 0 spiro atoms. The van der Waals surface area contributed by atoms with E-state index < -0.39 is 0 Å². The van der Waals surface area contributed by atoms with Crippen LogP contribution in [0.2, 0.25) is 0 Å². The summed E-state index contributed by atoms with van der Waals surface area (Å²) >= 11 is 0. The third-order valence-corrected chi connectivity index (χ3v) is 4.62. The molecule has 3 rings (SSSR count). The van der Waals surface area contributed by atoms with E-state index in [1.807, 2.05) is 0 Å². The van der Waals surface area contributed by atoms with Gasteiger partial charge in [0.15, 0.2) is 5.78 Å². The summed E-state index contributed by atoms with van der Waals surface area (Å²) in [7, 11) is 0. The van der Waals surface area contributed by atoms with Crippen LogP contribution < -0.4 is 10.6 Å². The predicted molar refractivity (Wildman–Crippen MR) is 108 cm³/mol. The number of anilines is 1. The van der Waals surface area contributed by atoms with Gasteiger partial charge in [-0.15, -0.1) is 0 Å². The van der Waals surface area contributed by atoms with Crippen LogP contribution in [-0.4, -0.2) is 66.9 Å². The number of nitrogens with zero attached hydrogens (tertiary/aromatic N) is 2. The fourth-order valence-electron chi connectivity index (χ4n) is 2.93. The second kappa shape index (κ2) is 9.90. The molecule has 0 bridgehead atoms. The number of rotatable bonds is 7. The van der Waals surface area contributed by atoms with Crippen molar-refractivity contribution in [2.24, 2.45) is 0 Å². The number of carbonyl (C=O) groups is 3. The zero-order valence-corrected chi connectivity index (χ0v) is 16.3. The van der Waals surface area contributed by atoms with E-state index in [4.69, 9.17) is 4.74 Å². The Bertz CT molecular complexity index is 877. The van der Waals surface area contributed by atoms with Crippen molar-refractivity contribution in [2.75, 3.05) is 44.7 Å². The van der Waals surface area contributed by atoms with Crippen LogP contribution in [0.5, 0.6) is 0 Å². The van der Waals surface area contributed by atoms with E-state index in [0.29, 0.717) is 36.6 Å². The average molecular weight is 396 g/mol. The SMILES string of the molecule is CC(=O)c1ccc(NC(=O)c2ccnc(C(=O)NCCN3CCOCC3)c2)cc1. The third kappa shape index (κ3) is 5.94. The highest BCUT2D eigenvalue weighted by molar-refractivity contribution is 6.06. The highest BCUT2D eigenvalue weighted by Gasteiger charge is 2.14. The number of aromatic nitrogens is 1. The molecule has 8 heteroatoms. The van der Waals surface area contributed by atoms with Gasteiger partial charge in [0.2, 0.25) is 0 Å². The Morgan fingerprint density at radius 3 is 2.45 bits per heavy atom. The number of hydrogen-bond acceptors (Lipinski definition) is 6. The molecule has 1 aromatic carbocycles. The van der Waals surface area contributed by atoms with Crippen molar-refractivity contribution < 1.29 is 19.1 Å². The lowest BCUT2D eigenvalue weighted by Crippen LogP contribution is -2.41. The van der Waals surface area contributed by atoms with Gasteiger partial charge < -0.3 is 15.4 Å². The summed E-state index contributed by atoms with van der Waals surface area (Å²) in [5.74, 6) is -0.717. The van der Waals surface area contributed by atoms with Gasteiger partial charge in [0, 0.05) is 49.2 Å². The van der Waals surface area contributed by atoms with Crippen LogP contribution in [0.4, 0.5) is 5.69 Å². The summed E-state index contributed by atoms with van der Waals surface area (Å²) in [6, 6.07) is 9.63. The van der Waals surface area contributed by atoms with Crippen molar-refractivity contribution in [1.29, 1.82) is 0 Å². The van der Waals surface area contributed by atoms with Gasteiger partial charge in [-0.2, -0.15) is 0 Å². The molecule has 1 aliphatic heterocycles. The van der Waals surface area contributed by atoms with Crippen molar-refractivity contribution >= 4 is 23.3 Å². The number of hydrogen-bond donors (Lipinski definition) is 2. The molecule has 2 aromatic rings. The van der Waals surface area contributed by atoms with E-state index in [-0.39, 0.29) is 23.3 Å². The summed E-state index contributed by atoms with van der Waals surface area (Å²) in [6.45, 7) is 5.87. The summed E-state index contributed by atoms with van der Waals surface area (Å²) in [5.41, 5.74) is 1.65. The molecule has 1 aliphatic rings. The van der Waals surface area contributed by atoms with E-state index in [1.165, 1.54) is 19.2 Å². The van der Waals surface area contributed by atoms with Gasteiger partial charge in [-0.05, 0) is 43.3 Å². The van der Waals surface area contributed by atoms with Crippen molar-refractivity contribution in [3.8, 4) is 0 Å². The second-order valence-electron chi connectivity index (χ2n) is 6.73. The first-order chi connectivity index (χ1) is 14.0. The number of amides is 2. The minimum atomic E-state index is -0.356. The van der Waals surface area contributed by atoms with Crippen molar-refractivity contribution in [3.05, 3.63) is 59.4 Å². The number of ketones is 1. The van der Waals surface area contributed by atoms with Crippen LogP contribution >= 0.6 is 0 Å². The predicted octanol–water partition coefficient (Wildman–Crippen LogP) is 1.60. The first kappa shape index (κ1) is 20.6. The van der Waals surface area contributed by atoms with E-state index in [9.17, 15) is 14.4 Å². The van der Waals surface area contributed by atoms with E-state index in [1.54, 1.807) is 30.3 Å². The van der Waals surface area contributed by atoms with Gasteiger partial charge in [0.05, 0.1) is 13.2 Å². The van der Waals surface area contributed by atoms with E-state index in [0.717, 1.165) is 19.6 Å². The molecule has 2 amide bonds. The van der Waals surface area contributed by atoms with Crippen LogP contribution in [0.1, 0.15) is 38.1 Å². The Kier molecular flexibility index (Phi) is 7.04. The summed E-state index contributed by atoms with van der Waals surface area (Å²) in [6.07, 6.45) is 1.44. The maximum atomic E-state index is 12.5. The molecule has 8 nitrogen and oxygen atoms in total. The molecule has 0 radical (unpaired) electrons. The highest BCUT2D eigenvalue weighted by atomic mass is 16.5. The number of nitrogens with one attached hydrogen (secondary N) is 2. The second-order valence-corrected chi connectivity index (χ2v) is 6.73. The molecule has 29 heavy (non-hydrogen) atoms. The quantitative estimate of drug-likeness (QED) is 0.690. The molecule has 1 saturated heterocycles. The van der Waals surface area contributed by atoms with Gasteiger partial charge in [-0.1, -0.05) is 0 Å². The lowest BCUT2D eigenvalue weighted by Gasteiger charge is -2.26. The van der Waals surface area contributed by atoms with Crippen molar-refractivity contribution in [2.45, 2.75) is 6.92 Å². The Labute approximate surface area is 169 Å². The monoisotopic (exact) mass is 396 g/mol. The molecule has 1 aromatic heterocycles. The van der Waals surface area contributed by atoms with Crippen LogP contribution in [0.3, 0.4) is 0 Å². The average Bonchev–Trinajstić information content (AvgIpc) is 2.75. The zero-order valence-electron chi connectivity index (χ0n) is 16.3. The fraction of sp³-hybridized carbons (Fsp3) is 0.333. The van der Waals surface area contributed by atoms with E-state index in [2.05, 4.69) is 20.5 Å². The lowest BCUT2D eigenvalue weighted by atomic mass is 10.1. The molecule has 1 fully saturated rings. The topological polar surface area (TPSA) is 101 Å². The summed E-state index contributed by atoms with van der Waals surface area (Å²) in [4.78, 5) is 42.4. The molecule has 0 unspecified atom stereocenters. The molecular weight excluding hydrogens is 372 g/mol. The maximum Gasteiger partial charge on any atom is 0.269 e. The van der Waals surface area contributed by atoms with Crippen LogP contribution in [0, 0.1) is 0 Å². The molecule has 0 saturated carbocycles. The minimum absolute atomic E-state index is 0.0405. The van der Waals surface area contributed by atoms with E-state index >= 15 is 0 Å². The number of carbonyl (C=O) groups excluding carboxylic acids is 3. The van der Waals surface area contributed by atoms with Crippen LogP contribution in [-0.2, 0) is 4.74 Å². The number of Topliss-reactive ketones (excluding diaryl/α,β-unsaturated/α-hetero) is 1. The molecule has 0 aliphatic carbocycles. The Hall–Kier alpha value is -3.10. The van der Waals surface area contributed by atoms with Gasteiger partial charge >= 0.3 is 0 Å². The number of pyridine rings is 1. The van der Waals surface area contributed by atoms with Gasteiger partial charge in [0.25, 0.3) is 11.8 Å².